The number of alkyl halides is 3. The zero-order valence-corrected chi connectivity index (χ0v) is 13.6. The van der Waals surface area contributed by atoms with Gasteiger partial charge in [-0.15, -0.1) is 24.5 Å². The molecule has 1 aromatic heterocycles. The molecule has 0 fully saturated rings. The van der Waals surface area contributed by atoms with E-state index in [2.05, 4.69) is 10.1 Å². The molecule has 0 saturated heterocycles. The van der Waals surface area contributed by atoms with Gasteiger partial charge in [-0.1, -0.05) is 18.2 Å². The number of hydrogen-bond acceptors (Lipinski definition) is 4. The van der Waals surface area contributed by atoms with Gasteiger partial charge in [0, 0.05) is 11.3 Å². The van der Waals surface area contributed by atoms with E-state index in [9.17, 15) is 22.8 Å². The third-order valence-corrected chi connectivity index (χ3v) is 4.23. The molecule has 0 bridgehead atoms. The quantitative estimate of drug-likeness (QED) is 0.778. The number of carboxylic acids is 1. The number of carboxylic acid groups (broad SMARTS) is 1. The Morgan fingerprint density at radius 1 is 1.16 bits per heavy atom. The highest BCUT2D eigenvalue weighted by atomic mass is 32.1. The van der Waals surface area contributed by atoms with Crippen LogP contribution in [0.25, 0.3) is 0 Å². The summed E-state index contributed by atoms with van der Waals surface area (Å²) in [5.41, 5.74) is 0.277. The number of aromatic carboxylic acids is 1. The first-order valence-corrected chi connectivity index (χ1v) is 7.98. The van der Waals surface area contributed by atoms with Crippen molar-refractivity contribution in [2.75, 3.05) is 0 Å². The maximum absolute atomic E-state index is 12.3. The summed E-state index contributed by atoms with van der Waals surface area (Å²) in [5, 5.41) is 11.4. The van der Waals surface area contributed by atoms with Crippen LogP contribution in [-0.2, 0) is 17.8 Å². The lowest BCUT2D eigenvalue weighted by Crippen LogP contribution is -2.23. The second-order valence-corrected chi connectivity index (χ2v) is 6.17. The van der Waals surface area contributed by atoms with Gasteiger partial charge in [0.25, 0.3) is 0 Å². The lowest BCUT2D eigenvalue weighted by atomic mass is 10.1. The van der Waals surface area contributed by atoms with Crippen LogP contribution in [0, 0.1) is 0 Å². The first-order chi connectivity index (χ1) is 11.7. The number of benzene rings is 1. The first-order valence-electron chi connectivity index (χ1n) is 7.17. The van der Waals surface area contributed by atoms with Gasteiger partial charge in [-0.25, -0.2) is 4.79 Å². The molecule has 5 nitrogen and oxygen atoms in total. The van der Waals surface area contributed by atoms with Crippen molar-refractivity contribution in [2.24, 2.45) is 0 Å². The molecule has 1 amide bonds. The number of halogens is 3. The number of aryl methyl sites for hydroxylation is 1. The Kier molecular flexibility index (Phi) is 6.02. The molecule has 25 heavy (non-hydrogen) atoms. The summed E-state index contributed by atoms with van der Waals surface area (Å²) < 4.78 is 41.0. The van der Waals surface area contributed by atoms with Crippen molar-refractivity contribution in [2.45, 2.75) is 25.7 Å². The normalized spacial score (nSPS) is 11.2. The number of para-hydroxylation sites is 1. The minimum Gasteiger partial charge on any atom is -0.477 e. The monoisotopic (exact) mass is 373 g/mol. The maximum Gasteiger partial charge on any atom is 0.573 e. The molecule has 0 aliphatic carbocycles. The summed E-state index contributed by atoms with van der Waals surface area (Å²) in [6.45, 7) is 0.164. The van der Waals surface area contributed by atoms with Gasteiger partial charge >= 0.3 is 12.3 Å². The van der Waals surface area contributed by atoms with E-state index >= 15 is 0 Å². The Hall–Kier alpha value is -2.55. The molecule has 0 radical (unpaired) electrons. The number of carbonyl (C=O) groups excluding carboxylic acids is 1. The van der Waals surface area contributed by atoms with Gasteiger partial charge in [-0.2, -0.15) is 0 Å². The molecule has 9 heteroatoms. The number of nitrogens with one attached hydrogen (secondary N) is 1. The van der Waals surface area contributed by atoms with E-state index in [1.165, 1.54) is 24.3 Å². The largest absolute Gasteiger partial charge is 0.573 e. The predicted molar refractivity (Wildman–Crippen MR) is 84.6 cm³/mol. The van der Waals surface area contributed by atoms with E-state index in [0.717, 1.165) is 11.3 Å². The first kappa shape index (κ1) is 18.8. The van der Waals surface area contributed by atoms with Crippen molar-refractivity contribution in [1.82, 2.24) is 5.32 Å². The zero-order valence-electron chi connectivity index (χ0n) is 12.8. The molecule has 1 heterocycles. The molecule has 0 unspecified atom stereocenters. The fraction of sp³-hybridized carbons (Fsp3) is 0.250. The van der Waals surface area contributed by atoms with Crippen molar-refractivity contribution in [3.63, 3.8) is 0 Å². The van der Waals surface area contributed by atoms with Crippen molar-refractivity contribution in [3.8, 4) is 5.75 Å². The summed E-state index contributed by atoms with van der Waals surface area (Å²) in [5.74, 6) is -1.72. The highest BCUT2D eigenvalue weighted by Gasteiger charge is 2.31. The third kappa shape index (κ3) is 6.11. The van der Waals surface area contributed by atoms with Crippen LogP contribution < -0.4 is 10.1 Å². The Bertz CT molecular complexity index is 758. The number of rotatable bonds is 7. The van der Waals surface area contributed by atoms with Gasteiger partial charge in [-0.05, 0) is 30.2 Å². The second-order valence-electron chi connectivity index (χ2n) is 5.00. The number of ether oxygens (including phenoxy) is 1. The highest BCUT2D eigenvalue weighted by Crippen LogP contribution is 2.27. The summed E-state index contributed by atoms with van der Waals surface area (Å²) in [6, 6.07) is 8.68. The molecule has 1 aromatic carbocycles. The number of amides is 1. The Balaban J connectivity index is 1.86. The van der Waals surface area contributed by atoms with Gasteiger partial charge < -0.3 is 15.2 Å². The van der Waals surface area contributed by atoms with Gasteiger partial charge in [0.1, 0.15) is 10.6 Å². The average molecular weight is 373 g/mol. The van der Waals surface area contributed by atoms with E-state index in [1.807, 2.05) is 0 Å². The molecule has 0 spiro atoms. The van der Waals surface area contributed by atoms with Crippen LogP contribution in [0.2, 0.25) is 0 Å². The molecule has 2 rings (SSSR count). The minimum atomic E-state index is -4.79. The number of carbonyl (C=O) groups is 2. The van der Waals surface area contributed by atoms with Crippen molar-refractivity contribution >= 4 is 23.2 Å². The van der Waals surface area contributed by atoms with E-state index < -0.39 is 12.3 Å². The van der Waals surface area contributed by atoms with E-state index in [1.54, 1.807) is 12.1 Å². The van der Waals surface area contributed by atoms with Crippen LogP contribution in [0.4, 0.5) is 13.2 Å². The fourth-order valence-corrected chi connectivity index (χ4v) is 2.83. The zero-order chi connectivity index (χ0) is 18.4. The molecular weight excluding hydrogens is 359 g/mol. The van der Waals surface area contributed by atoms with Crippen LogP contribution >= 0.6 is 11.3 Å². The number of hydrogen-bond donors (Lipinski definition) is 2. The average Bonchev–Trinajstić information content (AvgIpc) is 3.00. The molecule has 0 atom stereocenters. The molecule has 0 aliphatic rings. The maximum atomic E-state index is 12.3. The Labute approximate surface area is 145 Å². The van der Waals surface area contributed by atoms with E-state index in [4.69, 9.17) is 5.11 Å². The second kappa shape index (κ2) is 8.02. The highest BCUT2D eigenvalue weighted by molar-refractivity contribution is 7.13. The third-order valence-electron chi connectivity index (χ3n) is 3.15. The summed E-state index contributed by atoms with van der Waals surface area (Å²) in [6.07, 6.45) is -4.72. The van der Waals surface area contributed by atoms with Crippen LogP contribution in [0.1, 0.15) is 26.5 Å². The summed E-state index contributed by atoms with van der Waals surface area (Å²) in [7, 11) is 0. The lowest BCUT2D eigenvalue weighted by molar-refractivity contribution is -0.274. The summed E-state index contributed by atoms with van der Waals surface area (Å²) >= 11 is 1.05. The molecular formula is C16H14F3NO4S. The number of thiophene rings is 1. The van der Waals surface area contributed by atoms with Crippen molar-refractivity contribution in [3.05, 3.63) is 51.7 Å². The fourth-order valence-electron chi connectivity index (χ4n) is 2.04. The molecule has 0 aliphatic heterocycles. The molecule has 2 N–H and O–H groups in total. The standard InChI is InChI=1S/C16H14F3NO4S/c17-16(18,19)24-12-4-2-1-3-10(12)5-8-14(21)20-9-11-6-7-13(25-11)15(22)23/h1-4,6-7H,5,8-9H2,(H,20,21)(H,22,23). The van der Waals surface area contributed by atoms with Crippen LogP contribution in [0.5, 0.6) is 5.75 Å². The van der Waals surface area contributed by atoms with Gasteiger partial charge in [0.05, 0.1) is 6.54 Å². The molecule has 0 saturated carbocycles. The van der Waals surface area contributed by atoms with Crippen LogP contribution in [0.3, 0.4) is 0 Å². The van der Waals surface area contributed by atoms with Crippen LogP contribution in [-0.4, -0.2) is 23.3 Å². The van der Waals surface area contributed by atoms with Crippen molar-refractivity contribution < 1.29 is 32.6 Å². The minimum absolute atomic E-state index is 0.0185. The van der Waals surface area contributed by atoms with Crippen molar-refractivity contribution in [1.29, 1.82) is 0 Å². The Morgan fingerprint density at radius 3 is 2.52 bits per heavy atom. The SMILES string of the molecule is O=C(CCc1ccccc1OC(F)(F)F)NCc1ccc(C(=O)O)s1. The Morgan fingerprint density at radius 2 is 1.88 bits per heavy atom. The topological polar surface area (TPSA) is 75.6 Å². The summed E-state index contributed by atoms with van der Waals surface area (Å²) in [4.78, 5) is 23.5. The molecule has 134 valence electrons. The van der Waals surface area contributed by atoms with E-state index in [-0.39, 0.29) is 41.5 Å². The van der Waals surface area contributed by atoms with Gasteiger partial charge in [0.15, 0.2) is 0 Å². The molecule has 2 aromatic rings. The van der Waals surface area contributed by atoms with Crippen LogP contribution in [0.15, 0.2) is 36.4 Å². The predicted octanol–water partition coefficient (Wildman–Crippen LogP) is 3.59. The van der Waals surface area contributed by atoms with Gasteiger partial charge in [0.2, 0.25) is 5.91 Å². The van der Waals surface area contributed by atoms with Gasteiger partial charge in [-0.3, -0.25) is 4.79 Å². The lowest BCUT2D eigenvalue weighted by Gasteiger charge is -2.13. The smallest absolute Gasteiger partial charge is 0.477 e. The van der Waals surface area contributed by atoms with E-state index in [0.29, 0.717) is 4.88 Å².